The predicted octanol–water partition coefficient (Wildman–Crippen LogP) is 2.65. The van der Waals surface area contributed by atoms with Crippen LogP contribution in [0.4, 0.5) is 11.6 Å². The Morgan fingerprint density at radius 2 is 2.15 bits per heavy atom. The first kappa shape index (κ1) is 15.0. The number of nitrogens with zero attached hydrogens (tertiary/aromatic N) is 3. The second-order valence-corrected chi connectivity index (χ2v) is 6.17. The Morgan fingerprint density at radius 3 is 2.75 bits per heavy atom. The zero-order valence-corrected chi connectivity index (χ0v) is 13.2. The summed E-state index contributed by atoms with van der Waals surface area (Å²) in [5.41, 5.74) is 1.07. The molecular formula is C15H26N4O. The number of anilines is 2. The van der Waals surface area contributed by atoms with Gasteiger partial charge in [0.2, 0.25) is 0 Å². The lowest BCUT2D eigenvalue weighted by molar-refractivity contribution is -0.0279. The molecule has 5 heteroatoms. The minimum Gasteiger partial charge on any atom is -0.372 e. The van der Waals surface area contributed by atoms with E-state index in [0.717, 1.165) is 37.9 Å². The van der Waals surface area contributed by atoms with Crippen LogP contribution in [0.25, 0.3) is 0 Å². The fraction of sp³-hybridized carbons (Fsp3) is 0.733. The molecule has 1 saturated heterocycles. The highest BCUT2D eigenvalue weighted by Gasteiger charge is 2.30. The van der Waals surface area contributed by atoms with Crippen LogP contribution in [0, 0.1) is 0 Å². The van der Waals surface area contributed by atoms with Crippen LogP contribution >= 0.6 is 0 Å². The van der Waals surface area contributed by atoms with E-state index in [1.807, 2.05) is 0 Å². The van der Waals surface area contributed by atoms with Crippen molar-refractivity contribution in [1.29, 1.82) is 0 Å². The van der Waals surface area contributed by atoms with E-state index in [2.05, 4.69) is 54.8 Å². The largest absolute Gasteiger partial charge is 0.372 e. The van der Waals surface area contributed by atoms with Crippen LogP contribution in [-0.4, -0.2) is 41.8 Å². The summed E-state index contributed by atoms with van der Waals surface area (Å²) in [7, 11) is 0. The molecule has 1 aliphatic rings. The summed E-state index contributed by atoms with van der Waals surface area (Å²) in [6.07, 6.45) is 1.65. The highest BCUT2D eigenvalue weighted by molar-refractivity contribution is 5.60. The Morgan fingerprint density at radius 1 is 1.40 bits per heavy atom. The van der Waals surface area contributed by atoms with E-state index < -0.39 is 0 Å². The molecule has 1 aliphatic heterocycles. The molecule has 0 amide bonds. The standard InChI is InChI=1S/C15H26N4O/c1-6-16-13-12(11(2)3)14(18-10-17-13)19-7-8-20-15(4,5)9-19/h10-11H,6-9H2,1-5H3,(H,16,17,18). The van der Waals surface area contributed by atoms with Crippen LogP contribution in [0.1, 0.15) is 46.1 Å². The van der Waals surface area contributed by atoms with Gasteiger partial charge in [-0.2, -0.15) is 0 Å². The maximum atomic E-state index is 5.79. The minimum atomic E-state index is -0.129. The first-order valence-corrected chi connectivity index (χ1v) is 7.42. The van der Waals surface area contributed by atoms with Gasteiger partial charge in [0.15, 0.2) is 0 Å². The minimum absolute atomic E-state index is 0.129. The van der Waals surface area contributed by atoms with Crippen LogP contribution in [0.3, 0.4) is 0 Å². The molecule has 1 N–H and O–H groups in total. The molecule has 1 aromatic heterocycles. The summed E-state index contributed by atoms with van der Waals surface area (Å²) in [5.74, 6) is 2.38. The van der Waals surface area contributed by atoms with E-state index in [0.29, 0.717) is 5.92 Å². The van der Waals surface area contributed by atoms with Gasteiger partial charge in [0.25, 0.3) is 0 Å². The smallest absolute Gasteiger partial charge is 0.137 e. The third-order valence-corrected chi connectivity index (χ3v) is 3.51. The summed E-state index contributed by atoms with van der Waals surface area (Å²) in [4.78, 5) is 11.3. The molecule has 0 bridgehead atoms. The third kappa shape index (κ3) is 3.20. The molecule has 112 valence electrons. The molecule has 1 aromatic rings. The number of aromatic nitrogens is 2. The van der Waals surface area contributed by atoms with Crippen molar-refractivity contribution >= 4 is 11.6 Å². The lowest BCUT2D eigenvalue weighted by Crippen LogP contribution is -2.49. The Hall–Kier alpha value is -1.36. The van der Waals surface area contributed by atoms with E-state index in [1.165, 1.54) is 5.56 Å². The lowest BCUT2D eigenvalue weighted by Gasteiger charge is -2.39. The normalized spacial score (nSPS) is 18.4. The van der Waals surface area contributed by atoms with Gasteiger partial charge in [-0.3, -0.25) is 0 Å². The molecule has 2 rings (SSSR count). The Kier molecular flexibility index (Phi) is 4.48. The van der Waals surface area contributed by atoms with Gasteiger partial charge in [0, 0.05) is 25.2 Å². The third-order valence-electron chi connectivity index (χ3n) is 3.51. The van der Waals surface area contributed by atoms with Gasteiger partial charge in [-0.15, -0.1) is 0 Å². The Labute approximate surface area is 121 Å². The Balaban J connectivity index is 2.37. The summed E-state index contributed by atoms with van der Waals surface area (Å²) < 4.78 is 5.79. The van der Waals surface area contributed by atoms with E-state index in [4.69, 9.17) is 4.74 Å². The van der Waals surface area contributed by atoms with Crippen molar-refractivity contribution in [3.63, 3.8) is 0 Å². The molecule has 2 heterocycles. The van der Waals surface area contributed by atoms with Crippen molar-refractivity contribution < 1.29 is 4.74 Å². The van der Waals surface area contributed by atoms with E-state index in [1.54, 1.807) is 6.33 Å². The molecule has 0 saturated carbocycles. The van der Waals surface area contributed by atoms with E-state index >= 15 is 0 Å². The molecular weight excluding hydrogens is 252 g/mol. The van der Waals surface area contributed by atoms with Crippen LogP contribution < -0.4 is 10.2 Å². The van der Waals surface area contributed by atoms with Gasteiger partial charge >= 0.3 is 0 Å². The zero-order chi connectivity index (χ0) is 14.8. The topological polar surface area (TPSA) is 50.3 Å². The van der Waals surface area contributed by atoms with Crippen molar-refractivity contribution in [3.05, 3.63) is 11.9 Å². The molecule has 1 fully saturated rings. The summed E-state index contributed by atoms with van der Waals surface area (Å²) in [6.45, 7) is 14.1. The molecule has 20 heavy (non-hydrogen) atoms. The quantitative estimate of drug-likeness (QED) is 0.917. The van der Waals surface area contributed by atoms with Gasteiger partial charge in [-0.05, 0) is 26.7 Å². The van der Waals surface area contributed by atoms with Crippen molar-refractivity contribution in [2.45, 2.75) is 46.1 Å². The van der Waals surface area contributed by atoms with Crippen molar-refractivity contribution in [1.82, 2.24) is 9.97 Å². The monoisotopic (exact) mass is 278 g/mol. The van der Waals surface area contributed by atoms with Crippen molar-refractivity contribution in [3.8, 4) is 0 Å². The van der Waals surface area contributed by atoms with Gasteiger partial charge in [-0.1, -0.05) is 13.8 Å². The van der Waals surface area contributed by atoms with Crippen LogP contribution in [0.5, 0.6) is 0 Å². The molecule has 0 radical (unpaired) electrons. The van der Waals surface area contributed by atoms with Gasteiger partial charge < -0.3 is 15.0 Å². The summed E-state index contributed by atoms with van der Waals surface area (Å²) in [5, 5.41) is 3.35. The Bertz CT molecular complexity index is 459. The maximum Gasteiger partial charge on any atom is 0.137 e. The van der Waals surface area contributed by atoms with Gasteiger partial charge in [0.05, 0.1) is 12.2 Å². The zero-order valence-electron chi connectivity index (χ0n) is 13.2. The van der Waals surface area contributed by atoms with E-state index in [9.17, 15) is 0 Å². The van der Waals surface area contributed by atoms with Crippen LogP contribution in [0.15, 0.2) is 6.33 Å². The fourth-order valence-electron chi connectivity index (χ4n) is 2.68. The van der Waals surface area contributed by atoms with Gasteiger partial charge in [0.1, 0.15) is 18.0 Å². The number of nitrogens with one attached hydrogen (secondary N) is 1. The average molecular weight is 278 g/mol. The molecule has 0 aromatic carbocycles. The highest BCUT2D eigenvalue weighted by Crippen LogP contribution is 2.32. The summed E-state index contributed by atoms with van der Waals surface area (Å²) in [6, 6.07) is 0. The van der Waals surface area contributed by atoms with Crippen LogP contribution in [-0.2, 0) is 4.74 Å². The molecule has 0 spiro atoms. The van der Waals surface area contributed by atoms with Crippen molar-refractivity contribution in [2.75, 3.05) is 36.5 Å². The number of hydrogen-bond acceptors (Lipinski definition) is 5. The fourth-order valence-corrected chi connectivity index (χ4v) is 2.68. The summed E-state index contributed by atoms with van der Waals surface area (Å²) >= 11 is 0. The maximum absolute atomic E-state index is 5.79. The first-order chi connectivity index (χ1) is 9.44. The predicted molar refractivity (Wildman–Crippen MR) is 82.5 cm³/mol. The number of morpholine rings is 1. The van der Waals surface area contributed by atoms with E-state index in [-0.39, 0.29) is 5.60 Å². The second kappa shape index (κ2) is 5.95. The first-order valence-electron chi connectivity index (χ1n) is 7.42. The highest BCUT2D eigenvalue weighted by atomic mass is 16.5. The molecule has 0 atom stereocenters. The average Bonchev–Trinajstić information content (AvgIpc) is 2.37. The SMILES string of the molecule is CCNc1ncnc(N2CCOC(C)(C)C2)c1C(C)C. The van der Waals surface area contributed by atoms with Gasteiger partial charge in [-0.25, -0.2) is 9.97 Å². The lowest BCUT2D eigenvalue weighted by atomic mass is 10.0. The number of rotatable bonds is 4. The second-order valence-electron chi connectivity index (χ2n) is 6.17. The molecule has 0 aliphatic carbocycles. The molecule has 0 unspecified atom stereocenters. The number of hydrogen-bond donors (Lipinski definition) is 1. The number of ether oxygens (including phenoxy) is 1. The van der Waals surface area contributed by atoms with Crippen molar-refractivity contribution in [2.24, 2.45) is 0 Å². The van der Waals surface area contributed by atoms with Crippen LogP contribution in [0.2, 0.25) is 0 Å². The molecule has 5 nitrogen and oxygen atoms in total.